The molecular weight excluding hydrogens is 940 g/mol. The van der Waals surface area contributed by atoms with Gasteiger partial charge in [-0.2, -0.15) is 0 Å². The first-order valence-corrected chi connectivity index (χ1v) is 24.4. The average Bonchev–Trinajstić information content (AvgIpc) is 3.62. The largest absolute Gasteiger partial charge is 0.494 e. The molecule has 0 amide bonds. The fourth-order valence-corrected chi connectivity index (χ4v) is 8.49. The molecule has 4 aromatic rings. The molecule has 62 heavy (non-hydrogen) atoms. The van der Waals surface area contributed by atoms with E-state index >= 15 is 0 Å². The lowest BCUT2D eigenvalue weighted by Gasteiger charge is -2.32. The van der Waals surface area contributed by atoms with E-state index in [1.54, 1.807) is 48.5 Å². The summed E-state index contributed by atoms with van der Waals surface area (Å²) in [5.74, 6) is 0. The SMILES string of the molecule is CC1(C)OB(B2OC(C)(C)C(C)(C)O2)OC1(C)C.CC1(C)OB(c2ccc(NS(=O)(=O)c3ccc(Cl)cc3)cc2)OC1(C)C.O=S(=O)(Nc1ccc(Br)cc1)c1ccc(Cl)cc1. The second kappa shape index (κ2) is 18.3. The zero-order chi connectivity index (χ0) is 46.3. The fraction of sp³-hybridized carbons (Fsp3) is 0.429. The predicted octanol–water partition coefficient (Wildman–Crippen LogP) is 9.59. The molecule has 7 rings (SSSR count). The van der Waals surface area contributed by atoms with Gasteiger partial charge in [0.15, 0.2) is 0 Å². The molecule has 3 fully saturated rings. The molecule has 0 atom stereocenters. The third-order valence-corrected chi connectivity index (χ3v) is 15.6. The highest BCUT2D eigenvalue weighted by Crippen LogP contribution is 2.43. The molecule has 2 N–H and O–H groups in total. The summed E-state index contributed by atoms with van der Waals surface area (Å²) in [6.45, 7) is 24.2. The van der Waals surface area contributed by atoms with Gasteiger partial charge in [0.05, 0.1) is 43.4 Å². The molecule has 0 spiro atoms. The van der Waals surface area contributed by atoms with Crippen LogP contribution in [0.15, 0.2) is 111 Å². The number of anilines is 2. The van der Waals surface area contributed by atoms with E-state index in [1.165, 1.54) is 48.5 Å². The van der Waals surface area contributed by atoms with Crippen molar-refractivity contribution in [1.82, 2.24) is 0 Å². The molecule has 3 aliphatic rings. The first-order chi connectivity index (χ1) is 28.4. The Morgan fingerprint density at radius 2 is 0.710 bits per heavy atom. The van der Waals surface area contributed by atoms with Crippen LogP contribution in [0.1, 0.15) is 83.1 Å². The second-order valence-electron chi connectivity index (χ2n) is 18.1. The minimum Gasteiger partial charge on any atom is -0.405 e. The van der Waals surface area contributed by atoms with E-state index < -0.39 is 52.4 Å². The predicted molar refractivity (Wildman–Crippen MR) is 253 cm³/mol. The van der Waals surface area contributed by atoms with Crippen molar-refractivity contribution in [2.24, 2.45) is 0 Å². The lowest BCUT2D eigenvalue weighted by Crippen LogP contribution is -2.41. The highest BCUT2D eigenvalue weighted by atomic mass is 79.9. The van der Waals surface area contributed by atoms with Crippen molar-refractivity contribution in [2.75, 3.05) is 9.44 Å². The Morgan fingerprint density at radius 3 is 1.02 bits per heavy atom. The Labute approximate surface area is 387 Å². The molecule has 0 aliphatic carbocycles. The summed E-state index contributed by atoms with van der Waals surface area (Å²) in [7, 11) is -8.67. The molecule has 0 aromatic heterocycles. The van der Waals surface area contributed by atoms with Gasteiger partial charge in [0.2, 0.25) is 0 Å². The van der Waals surface area contributed by atoms with Gasteiger partial charge in [-0.25, -0.2) is 16.8 Å². The standard InChI is InChI=1S/C18H21BClNO4S.C12H24B2O4.C12H9BrClNO2S/c1-17(2)18(3,4)25-19(24-17)13-5-9-15(10-6-13)21-26(22,23)16-11-7-14(20)8-12-16;1-9(2)10(3,4)16-13(15-9)14-17-11(5,6)12(7,8)18-14;13-9-1-5-11(6-2-9)15-18(16,17)12-7-3-10(14)4-8-12/h5-12,21H,1-4H3;1-8H3;1-8,15H. The maximum atomic E-state index is 12.4. The van der Waals surface area contributed by atoms with Gasteiger partial charge in [-0.1, -0.05) is 51.3 Å². The smallest absolute Gasteiger partial charge is 0.405 e. The number of nitrogens with one attached hydrogen (secondary N) is 2. The topological polar surface area (TPSA) is 148 Å². The number of hydrogen-bond acceptors (Lipinski definition) is 10. The van der Waals surface area contributed by atoms with Gasteiger partial charge in [-0.05, 0) is 173 Å². The number of rotatable bonds is 8. The highest BCUT2D eigenvalue weighted by Gasteiger charge is 2.63. The van der Waals surface area contributed by atoms with E-state index in [0.29, 0.717) is 21.4 Å². The second-order valence-corrected chi connectivity index (χ2v) is 23.2. The minimum atomic E-state index is -3.67. The van der Waals surface area contributed by atoms with Crippen molar-refractivity contribution in [1.29, 1.82) is 0 Å². The summed E-state index contributed by atoms with van der Waals surface area (Å²) >= 11 is 14.8. The Bertz CT molecular complexity index is 2330. The summed E-state index contributed by atoms with van der Waals surface area (Å²) in [5, 5.41) is 0.980. The summed E-state index contributed by atoms with van der Waals surface area (Å²) in [5.41, 5.74) is -0.490. The molecule has 0 bridgehead atoms. The lowest BCUT2D eigenvalue weighted by atomic mass is 9.49. The van der Waals surface area contributed by atoms with Gasteiger partial charge < -0.3 is 27.9 Å². The van der Waals surface area contributed by atoms with Gasteiger partial charge in [0.1, 0.15) is 0 Å². The van der Waals surface area contributed by atoms with Crippen LogP contribution >= 0.6 is 39.1 Å². The fourth-order valence-electron chi connectivity index (χ4n) is 5.86. The first kappa shape index (κ1) is 50.4. The summed E-state index contributed by atoms with van der Waals surface area (Å²) in [6, 6.07) is 25.9. The number of benzene rings is 4. The monoisotopic (exact) mass is 992 g/mol. The van der Waals surface area contributed by atoms with Crippen LogP contribution in [0.5, 0.6) is 0 Å². The summed E-state index contributed by atoms with van der Waals surface area (Å²) < 4.78 is 90.7. The van der Waals surface area contributed by atoms with Crippen LogP contribution in [0.4, 0.5) is 11.4 Å². The molecule has 0 saturated carbocycles. The van der Waals surface area contributed by atoms with E-state index in [4.69, 9.17) is 51.1 Å². The molecule has 4 aromatic carbocycles. The third kappa shape index (κ3) is 11.8. The van der Waals surface area contributed by atoms with E-state index in [2.05, 4.69) is 25.4 Å². The van der Waals surface area contributed by atoms with E-state index in [-0.39, 0.29) is 32.2 Å². The van der Waals surface area contributed by atoms with E-state index in [0.717, 1.165) is 9.94 Å². The molecule has 12 nitrogen and oxygen atoms in total. The van der Waals surface area contributed by atoms with Crippen LogP contribution in [0.2, 0.25) is 10.0 Å². The Hall–Kier alpha value is -2.61. The zero-order valence-corrected chi connectivity index (χ0v) is 41.7. The van der Waals surface area contributed by atoms with Gasteiger partial charge in [0.25, 0.3) is 20.0 Å². The quantitative estimate of drug-likeness (QED) is 0.164. The van der Waals surface area contributed by atoms with E-state index in [9.17, 15) is 16.8 Å². The molecule has 3 aliphatic heterocycles. The lowest BCUT2D eigenvalue weighted by molar-refractivity contribution is 0.00578. The van der Waals surface area contributed by atoms with Crippen molar-refractivity contribution in [3.63, 3.8) is 0 Å². The van der Waals surface area contributed by atoms with Crippen molar-refractivity contribution < 1.29 is 44.8 Å². The Morgan fingerprint density at radius 1 is 0.435 bits per heavy atom. The van der Waals surface area contributed by atoms with E-state index in [1.807, 2.05) is 83.1 Å². The van der Waals surface area contributed by atoms with Gasteiger partial charge in [-0.15, -0.1) is 0 Å². The minimum absolute atomic E-state index is 0.150. The molecular formula is C42H54B3BrCl2N2O10S2. The van der Waals surface area contributed by atoms with Crippen LogP contribution in [0.25, 0.3) is 0 Å². The first-order valence-electron chi connectivity index (χ1n) is 19.8. The van der Waals surface area contributed by atoms with Crippen molar-refractivity contribution >= 4 is 97.2 Å². The normalized spacial score (nSPS) is 20.4. The molecule has 3 heterocycles. The molecule has 20 heteroatoms. The molecule has 0 radical (unpaired) electrons. The summed E-state index contributed by atoms with van der Waals surface area (Å²) in [4.78, 5) is 0.326. The Kier molecular flexibility index (Phi) is 14.9. The van der Waals surface area contributed by atoms with Crippen LogP contribution in [0.3, 0.4) is 0 Å². The zero-order valence-electron chi connectivity index (χ0n) is 37.0. The maximum absolute atomic E-state index is 12.4. The highest BCUT2D eigenvalue weighted by molar-refractivity contribution is 9.10. The van der Waals surface area contributed by atoms with Crippen LogP contribution in [-0.4, -0.2) is 71.6 Å². The molecule has 3 saturated heterocycles. The number of halogens is 3. The molecule has 334 valence electrons. The van der Waals surface area contributed by atoms with Crippen LogP contribution < -0.4 is 14.9 Å². The van der Waals surface area contributed by atoms with Crippen molar-refractivity contribution in [2.45, 2.75) is 126 Å². The number of hydrogen-bond donors (Lipinski definition) is 2. The third-order valence-electron chi connectivity index (χ3n) is 11.8. The van der Waals surface area contributed by atoms with Crippen molar-refractivity contribution in [3.05, 3.63) is 112 Å². The van der Waals surface area contributed by atoms with Crippen LogP contribution in [0, 0.1) is 0 Å². The average molecular weight is 994 g/mol. The maximum Gasteiger partial charge on any atom is 0.494 e. The van der Waals surface area contributed by atoms with Crippen molar-refractivity contribution in [3.8, 4) is 0 Å². The summed E-state index contributed by atoms with van der Waals surface area (Å²) in [6.07, 6.45) is 0. The van der Waals surface area contributed by atoms with Gasteiger partial charge >= 0.3 is 21.1 Å². The van der Waals surface area contributed by atoms with Gasteiger partial charge in [-0.3, -0.25) is 9.44 Å². The molecule has 0 unspecified atom stereocenters. The number of sulfonamides is 2. The van der Waals surface area contributed by atoms with Crippen LogP contribution in [-0.2, 0) is 48.0 Å². The Balaban J connectivity index is 0.000000181. The van der Waals surface area contributed by atoms with Gasteiger partial charge in [0, 0.05) is 25.9 Å².